The molecule has 0 bridgehead atoms. The van der Waals surface area contributed by atoms with Crippen molar-refractivity contribution >= 4 is 11.9 Å². The zero-order chi connectivity index (χ0) is 27.2. The maximum absolute atomic E-state index is 13.8. The normalized spacial score (nSPS) is 14.0. The van der Waals surface area contributed by atoms with Crippen LogP contribution in [0.4, 0.5) is 4.39 Å². The Labute approximate surface area is 216 Å². The minimum Gasteiger partial charge on any atom is -0.507 e. The van der Waals surface area contributed by atoms with Crippen molar-refractivity contribution in [3.8, 4) is 16.9 Å². The minimum absolute atomic E-state index is 0.0364. The van der Waals surface area contributed by atoms with Crippen LogP contribution >= 0.6 is 0 Å². The molecule has 0 spiro atoms. The van der Waals surface area contributed by atoms with E-state index in [0.29, 0.717) is 22.3 Å². The number of phenols is 1. The van der Waals surface area contributed by atoms with Crippen molar-refractivity contribution in [3.63, 3.8) is 0 Å². The van der Waals surface area contributed by atoms with Gasteiger partial charge in [-0.2, -0.15) is 0 Å². The molecule has 1 unspecified atom stereocenters. The number of fused-ring (bicyclic) bond motifs is 1. The van der Waals surface area contributed by atoms with Gasteiger partial charge in [-0.3, -0.25) is 4.79 Å². The third kappa shape index (κ3) is 5.09. The molecule has 3 aromatic carbocycles. The predicted octanol–water partition coefficient (Wildman–Crippen LogP) is 6.22. The summed E-state index contributed by atoms with van der Waals surface area (Å²) >= 11 is 0. The Kier molecular flexibility index (Phi) is 6.86. The van der Waals surface area contributed by atoms with E-state index >= 15 is 0 Å². The Balaban J connectivity index is 1.93. The number of nitrogens with zero attached hydrogens (tertiary/aromatic N) is 1. The number of carboxylic acids is 1. The molecule has 0 aliphatic carbocycles. The summed E-state index contributed by atoms with van der Waals surface area (Å²) < 4.78 is 19.9. The summed E-state index contributed by atoms with van der Waals surface area (Å²) in [6, 6.07) is 10.9. The topological polar surface area (TPSA) is 87.1 Å². The number of aryl methyl sites for hydroxylation is 1. The summed E-state index contributed by atoms with van der Waals surface area (Å²) in [7, 11) is 0. The van der Waals surface area contributed by atoms with Crippen LogP contribution < -0.4 is 0 Å². The second kappa shape index (κ2) is 9.63. The van der Waals surface area contributed by atoms with Crippen LogP contribution in [0.5, 0.6) is 5.75 Å². The fourth-order valence-electron chi connectivity index (χ4n) is 5.08. The largest absolute Gasteiger partial charge is 0.507 e. The number of phenolic OH excluding ortho intramolecular Hbond substituents is 1. The van der Waals surface area contributed by atoms with Gasteiger partial charge in [0.15, 0.2) is 6.10 Å². The molecule has 1 aliphatic heterocycles. The van der Waals surface area contributed by atoms with Gasteiger partial charge in [0.25, 0.3) is 5.91 Å². The Hall–Kier alpha value is -3.71. The van der Waals surface area contributed by atoms with Crippen LogP contribution in [0.2, 0.25) is 0 Å². The number of rotatable bonds is 5. The van der Waals surface area contributed by atoms with E-state index in [4.69, 9.17) is 4.74 Å². The maximum Gasteiger partial charge on any atom is 0.337 e. The van der Waals surface area contributed by atoms with Crippen molar-refractivity contribution in [2.45, 2.75) is 66.3 Å². The molecule has 0 aromatic heterocycles. The van der Waals surface area contributed by atoms with Gasteiger partial charge in [-0.05, 0) is 99.2 Å². The molecule has 4 rings (SSSR count). The zero-order valence-corrected chi connectivity index (χ0v) is 22.0. The monoisotopic (exact) mass is 505 g/mol. The maximum atomic E-state index is 13.8. The average Bonchev–Trinajstić information content (AvgIpc) is 3.25. The van der Waals surface area contributed by atoms with Crippen molar-refractivity contribution in [1.29, 1.82) is 0 Å². The second-order valence-corrected chi connectivity index (χ2v) is 10.6. The molecular formula is C30H32FNO5. The van der Waals surface area contributed by atoms with Crippen LogP contribution in [-0.4, -0.2) is 32.6 Å². The number of carbonyl (C=O) groups is 2. The number of aromatic hydroxyl groups is 1. The first-order chi connectivity index (χ1) is 17.3. The van der Waals surface area contributed by atoms with Crippen LogP contribution in [0.25, 0.3) is 11.1 Å². The van der Waals surface area contributed by atoms with E-state index in [1.807, 2.05) is 26.8 Å². The molecule has 0 radical (unpaired) electrons. The molecule has 1 atom stereocenters. The van der Waals surface area contributed by atoms with E-state index < -0.39 is 23.5 Å². The van der Waals surface area contributed by atoms with Crippen LogP contribution in [-0.2, 0) is 22.6 Å². The van der Waals surface area contributed by atoms with Gasteiger partial charge in [0.05, 0.1) is 5.60 Å². The summed E-state index contributed by atoms with van der Waals surface area (Å²) in [6.45, 7) is 11.5. The summed E-state index contributed by atoms with van der Waals surface area (Å²) in [5.41, 5.74) is 5.11. The molecule has 1 aliphatic rings. The molecule has 0 saturated heterocycles. The van der Waals surface area contributed by atoms with Crippen molar-refractivity contribution in [2.24, 2.45) is 0 Å². The number of amides is 1. The fourth-order valence-corrected chi connectivity index (χ4v) is 5.08. The van der Waals surface area contributed by atoms with Crippen molar-refractivity contribution in [3.05, 3.63) is 87.2 Å². The summed E-state index contributed by atoms with van der Waals surface area (Å²) in [4.78, 5) is 27.4. The highest BCUT2D eigenvalue weighted by atomic mass is 19.1. The molecule has 1 heterocycles. The number of carboxylic acid groups (broad SMARTS) is 1. The fraction of sp³-hybridized carbons (Fsp3) is 0.333. The Bertz CT molecular complexity index is 1410. The first-order valence-electron chi connectivity index (χ1n) is 12.2. The van der Waals surface area contributed by atoms with Crippen molar-refractivity contribution in [1.82, 2.24) is 4.90 Å². The quantitative estimate of drug-likeness (QED) is 0.430. The standard InChI is InChI=1S/C30H32FNO5/c1-16-10-11-21(24(33)12-16)25-17(2)22-14-32(28(34)19-8-7-9-20(31)13-19)15-23(22)18(3)26(25)27(29(35)36)37-30(4,5)6/h7-13,27,33H,14-15H2,1-6H3,(H,35,36). The van der Waals surface area contributed by atoms with Gasteiger partial charge < -0.3 is 19.8 Å². The van der Waals surface area contributed by atoms with Gasteiger partial charge in [-0.15, -0.1) is 0 Å². The molecule has 7 heteroatoms. The number of hydrogen-bond acceptors (Lipinski definition) is 4. The highest BCUT2D eigenvalue weighted by Gasteiger charge is 2.37. The molecular weight excluding hydrogens is 473 g/mol. The van der Waals surface area contributed by atoms with Gasteiger partial charge in [0.2, 0.25) is 0 Å². The number of hydrogen-bond donors (Lipinski definition) is 2. The molecule has 0 saturated carbocycles. The van der Waals surface area contributed by atoms with Gasteiger partial charge in [0.1, 0.15) is 11.6 Å². The lowest BCUT2D eigenvalue weighted by Crippen LogP contribution is -2.28. The van der Waals surface area contributed by atoms with E-state index in [-0.39, 0.29) is 30.3 Å². The number of ether oxygens (including phenoxy) is 1. The highest BCUT2D eigenvalue weighted by Crippen LogP contribution is 2.46. The molecule has 2 N–H and O–H groups in total. The molecule has 1 amide bonds. The van der Waals surface area contributed by atoms with E-state index in [0.717, 1.165) is 22.3 Å². The van der Waals surface area contributed by atoms with E-state index in [9.17, 15) is 24.2 Å². The molecule has 3 aromatic rings. The summed E-state index contributed by atoms with van der Waals surface area (Å²) in [5, 5.41) is 21.2. The lowest BCUT2D eigenvalue weighted by molar-refractivity contribution is -0.160. The lowest BCUT2D eigenvalue weighted by atomic mass is 9.82. The minimum atomic E-state index is -1.30. The van der Waals surface area contributed by atoms with Crippen molar-refractivity contribution in [2.75, 3.05) is 0 Å². The molecule has 0 fully saturated rings. The van der Waals surface area contributed by atoms with Crippen LogP contribution in [0.1, 0.15) is 70.6 Å². The SMILES string of the molecule is Cc1ccc(-c2c(C)c3c(c(C)c2C(OC(C)(C)C)C(=O)O)CN(C(=O)c2cccc(F)c2)C3)c(O)c1. The van der Waals surface area contributed by atoms with Gasteiger partial charge >= 0.3 is 5.97 Å². The van der Waals surface area contributed by atoms with E-state index in [1.165, 1.54) is 18.2 Å². The first kappa shape index (κ1) is 26.4. The van der Waals surface area contributed by atoms with Crippen LogP contribution in [0.15, 0.2) is 42.5 Å². The number of benzene rings is 3. The highest BCUT2D eigenvalue weighted by molar-refractivity contribution is 5.95. The summed E-state index contributed by atoms with van der Waals surface area (Å²) in [5.74, 6) is -1.90. The van der Waals surface area contributed by atoms with Crippen LogP contribution in [0.3, 0.4) is 0 Å². The Morgan fingerprint density at radius 1 is 1.00 bits per heavy atom. The first-order valence-corrected chi connectivity index (χ1v) is 12.2. The number of aliphatic carboxylic acids is 1. The van der Waals surface area contributed by atoms with Gasteiger partial charge in [-0.1, -0.05) is 18.2 Å². The predicted molar refractivity (Wildman–Crippen MR) is 139 cm³/mol. The molecule has 6 nitrogen and oxygen atoms in total. The number of halogens is 1. The summed E-state index contributed by atoms with van der Waals surface area (Å²) in [6.07, 6.45) is -1.30. The Morgan fingerprint density at radius 3 is 2.22 bits per heavy atom. The zero-order valence-electron chi connectivity index (χ0n) is 22.0. The second-order valence-electron chi connectivity index (χ2n) is 10.6. The smallest absolute Gasteiger partial charge is 0.337 e. The Morgan fingerprint density at radius 2 is 1.65 bits per heavy atom. The van der Waals surface area contributed by atoms with E-state index in [2.05, 4.69) is 0 Å². The van der Waals surface area contributed by atoms with Crippen LogP contribution in [0, 0.1) is 26.6 Å². The number of carbonyl (C=O) groups excluding carboxylic acids is 1. The van der Waals surface area contributed by atoms with E-state index in [1.54, 1.807) is 43.9 Å². The average molecular weight is 506 g/mol. The molecule has 194 valence electrons. The van der Waals surface area contributed by atoms with Gasteiger partial charge in [-0.25, -0.2) is 9.18 Å². The molecule has 37 heavy (non-hydrogen) atoms. The lowest BCUT2D eigenvalue weighted by Gasteiger charge is -2.30. The van der Waals surface area contributed by atoms with Gasteiger partial charge in [0, 0.05) is 29.8 Å². The third-order valence-electron chi connectivity index (χ3n) is 6.76. The van der Waals surface area contributed by atoms with Crippen molar-refractivity contribution < 1.29 is 28.9 Å². The third-order valence-corrected chi connectivity index (χ3v) is 6.76.